The highest BCUT2D eigenvalue weighted by molar-refractivity contribution is 5.36. The minimum Gasteiger partial charge on any atom is -0.496 e. The van der Waals surface area contributed by atoms with Gasteiger partial charge in [-0.05, 0) is 38.0 Å². The van der Waals surface area contributed by atoms with E-state index in [9.17, 15) is 0 Å². The summed E-state index contributed by atoms with van der Waals surface area (Å²) in [6, 6.07) is 15.0. The van der Waals surface area contributed by atoms with E-state index in [2.05, 4.69) is 50.4 Å². The van der Waals surface area contributed by atoms with Crippen LogP contribution >= 0.6 is 0 Å². The molecule has 0 aliphatic carbocycles. The second-order valence-electron chi connectivity index (χ2n) is 5.27. The molecule has 0 amide bonds. The van der Waals surface area contributed by atoms with Crippen LogP contribution in [0.4, 0.5) is 0 Å². The lowest BCUT2D eigenvalue weighted by Crippen LogP contribution is -2.19. The van der Waals surface area contributed by atoms with Gasteiger partial charge in [0.25, 0.3) is 0 Å². The van der Waals surface area contributed by atoms with E-state index < -0.39 is 0 Å². The van der Waals surface area contributed by atoms with Crippen molar-refractivity contribution >= 4 is 0 Å². The highest BCUT2D eigenvalue weighted by Gasteiger charge is 2.10. The maximum atomic E-state index is 5.42. The first-order valence-electron chi connectivity index (χ1n) is 7.04. The smallest absolute Gasteiger partial charge is 0.123 e. The molecule has 1 N–H and O–H groups in total. The molecule has 2 heteroatoms. The van der Waals surface area contributed by atoms with Crippen LogP contribution in [0.2, 0.25) is 0 Å². The molecular formula is C18H23NO. The quantitative estimate of drug-likeness (QED) is 0.880. The largest absolute Gasteiger partial charge is 0.496 e. The number of hydrogen-bond acceptors (Lipinski definition) is 2. The Morgan fingerprint density at radius 1 is 1.10 bits per heavy atom. The summed E-state index contributed by atoms with van der Waals surface area (Å²) < 4.78 is 5.42. The van der Waals surface area contributed by atoms with Crippen molar-refractivity contribution in [3.63, 3.8) is 0 Å². The number of nitrogens with one attached hydrogen (secondary N) is 1. The van der Waals surface area contributed by atoms with Crippen LogP contribution in [-0.2, 0) is 6.54 Å². The van der Waals surface area contributed by atoms with Crippen molar-refractivity contribution in [3.05, 3.63) is 64.7 Å². The molecule has 20 heavy (non-hydrogen) atoms. The molecule has 1 unspecified atom stereocenters. The van der Waals surface area contributed by atoms with Gasteiger partial charge in [-0.25, -0.2) is 0 Å². The molecule has 0 saturated carbocycles. The van der Waals surface area contributed by atoms with Crippen LogP contribution < -0.4 is 10.1 Å². The summed E-state index contributed by atoms with van der Waals surface area (Å²) in [5.41, 5.74) is 5.18. The molecule has 0 aliphatic rings. The van der Waals surface area contributed by atoms with Crippen molar-refractivity contribution < 1.29 is 4.74 Å². The van der Waals surface area contributed by atoms with Crippen molar-refractivity contribution in [2.45, 2.75) is 33.4 Å². The lowest BCUT2D eigenvalue weighted by Gasteiger charge is -2.18. The van der Waals surface area contributed by atoms with Crippen LogP contribution in [0.1, 0.15) is 35.2 Å². The summed E-state index contributed by atoms with van der Waals surface area (Å²) in [7, 11) is 1.72. The molecule has 0 heterocycles. The molecule has 2 rings (SSSR count). The first kappa shape index (κ1) is 14.6. The Hall–Kier alpha value is -1.80. The molecule has 2 aromatic rings. The van der Waals surface area contributed by atoms with Gasteiger partial charge < -0.3 is 10.1 Å². The first-order chi connectivity index (χ1) is 9.61. The second kappa shape index (κ2) is 6.58. The van der Waals surface area contributed by atoms with Gasteiger partial charge in [-0.3, -0.25) is 0 Å². The van der Waals surface area contributed by atoms with Crippen LogP contribution in [0, 0.1) is 13.8 Å². The number of rotatable bonds is 5. The van der Waals surface area contributed by atoms with E-state index in [0.29, 0.717) is 0 Å². The van der Waals surface area contributed by atoms with E-state index in [1.165, 1.54) is 22.3 Å². The predicted octanol–water partition coefficient (Wildman–Crippen LogP) is 4.16. The third-order valence-electron chi connectivity index (χ3n) is 3.71. The number of para-hydroxylation sites is 1. The molecule has 0 bridgehead atoms. The maximum Gasteiger partial charge on any atom is 0.123 e. The summed E-state index contributed by atoms with van der Waals surface area (Å²) in [6.45, 7) is 7.33. The van der Waals surface area contributed by atoms with Crippen LogP contribution in [0.3, 0.4) is 0 Å². The third-order valence-corrected chi connectivity index (χ3v) is 3.71. The SMILES string of the molecule is COc1ccccc1C(C)NCc1cc(C)ccc1C. The van der Waals surface area contributed by atoms with Gasteiger partial charge in [0.05, 0.1) is 7.11 Å². The Labute approximate surface area is 121 Å². The third kappa shape index (κ3) is 3.40. The van der Waals surface area contributed by atoms with Gasteiger partial charge >= 0.3 is 0 Å². The Kier molecular flexibility index (Phi) is 4.80. The molecule has 0 aromatic heterocycles. The van der Waals surface area contributed by atoms with E-state index in [-0.39, 0.29) is 6.04 Å². The monoisotopic (exact) mass is 269 g/mol. The minimum atomic E-state index is 0.256. The van der Waals surface area contributed by atoms with Gasteiger partial charge in [0.15, 0.2) is 0 Å². The molecule has 2 aromatic carbocycles. The van der Waals surface area contributed by atoms with Gasteiger partial charge in [-0.1, -0.05) is 42.0 Å². The van der Waals surface area contributed by atoms with Gasteiger partial charge in [-0.15, -0.1) is 0 Å². The van der Waals surface area contributed by atoms with Crippen LogP contribution in [0.5, 0.6) is 5.75 Å². The fraction of sp³-hybridized carbons (Fsp3) is 0.333. The summed E-state index contributed by atoms with van der Waals surface area (Å²) >= 11 is 0. The van der Waals surface area contributed by atoms with Crippen LogP contribution in [0.25, 0.3) is 0 Å². The molecule has 0 radical (unpaired) electrons. The van der Waals surface area contributed by atoms with Gasteiger partial charge in [0, 0.05) is 18.2 Å². The van der Waals surface area contributed by atoms with Gasteiger partial charge in [-0.2, -0.15) is 0 Å². The number of aryl methyl sites for hydroxylation is 2. The molecule has 2 nitrogen and oxygen atoms in total. The molecule has 0 saturated heterocycles. The first-order valence-corrected chi connectivity index (χ1v) is 7.04. The predicted molar refractivity (Wildman–Crippen MR) is 84.2 cm³/mol. The van der Waals surface area contributed by atoms with E-state index in [4.69, 9.17) is 4.74 Å². The normalized spacial score (nSPS) is 12.2. The number of methoxy groups -OCH3 is 1. The highest BCUT2D eigenvalue weighted by atomic mass is 16.5. The Bertz CT molecular complexity index is 577. The van der Waals surface area contributed by atoms with E-state index in [1.807, 2.05) is 18.2 Å². The summed E-state index contributed by atoms with van der Waals surface area (Å²) in [5.74, 6) is 0.938. The fourth-order valence-electron chi connectivity index (χ4n) is 2.39. The van der Waals surface area contributed by atoms with E-state index in [0.717, 1.165) is 12.3 Å². The zero-order valence-corrected chi connectivity index (χ0v) is 12.7. The van der Waals surface area contributed by atoms with Crippen molar-refractivity contribution in [3.8, 4) is 5.75 Å². The molecule has 0 spiro atoms. The standard InChI is InChI=1S/C18H23NO/c1-13-9-10-14(2)16(11-13)12-19-15(3)17-7-5-6-8-18(17)20-4/h5-11,15,19H,12H2,1-4H3. The number of ether oxygens (including phenoxy) is 1. The summed E-state index contributed by atoms with van der Waals surface area (Å²) in [4.78, 5) is 0. The van der Waals surface area contributed by atoms with Crippen molar-refractivity contribution in [2.24, 2.45) is 0 Å². The Morgan fingerprint density at radius 3 is 2.60 bits per heavy atom. The Morgan fingerprint density at radius 2 is 1.85 bits per heavy atom. The molecular weight excluding hydrogens is 246 g/mol. The zero-order valence-electron chi connectivity index (χ0n) is 12.7. The summed E-state index contributed by atoms with van der Waals surface area (Å²) in [6.07, 6.45) is 0. The fourth-order valence-corrected chi connectivity index (χ4v) is 2.39. The second-order valence-corrected chi connectivity index (χ2v) is 5.27. The molecule has 1 atom stereocenters. The Balaban J connectivity index is 2.08. The highest BCUT2D eigenvalue weighted by Crippen LogP contribution is 2.24. The van der Waals surface area contributed by atoms with Crippen LogP contribution in [-0.4, -0.2) is 7.11 Å². The molecule has 0 fully saturated rings. The minimum absolute atomic E-state index is 0.256. The molecule has 0 aliphatic heterocycles. The summed E-state index contributed by atoms with van der Waals surface area (Å²) in [5, 5.41) is 3.58. The lowest BCUT2D eigenvalue weighted by molar-refractivity contribution is 0.401. The zero-order chi connectivity index (χ0) is 14.5. The van der Waals surface area contributed by atoms with Gasteiger partial charge in [0.1, 0.15) is 5.75 Å². The average molecular weight is 269 g/mol. The average Bonchev–Trinajstić information content (AvgIpc) is 2.47. The van der Waals surface area contributed by atoms with E-state index in [1.54, 1.807) is 7.11 Å². The topological polar surface area (TPSA) is 21.3 Å². The van der Waals surface area contributed by atoms with Crippen molar-refractivity contribution in [2.75, 3.05) is 7.11 Å². The number of hydrogen-bond donors (Lipinski definition) is 1. The van der Waals surface area contributed by atoms with Crippen molar-refractivity contribution in [1.29, 1.82) is 0 Å². The maximum absolute atomic E-state index is 5.42. The van der Waals surface area contributed by atoms with Crippen molar-refractivity contribution in [1.82, 2.24) is 5.32 Å². The lowest BCUT2D eigenvalue weighted by atomic mass is 10.0. The molecule has 106 valence electrons. The van der Waals surface area contributed by atoms with Crippen LogP contribution in [0.15, 0.2) is 42.5 Å². The number of benzene rings is 2. The van der Waals surface area contributed by atoms with Gasteiger partial charge in [0.2, 0.25) is 0 Å². The van der Waals surface area contributed by atoms with E-state index >= 15 is 0 Å².